The molecule has 1 aliphatic carbocycles. The molecule has 0 saturated heterocycles. The third kappa shape index (κ3) is 6.24. The standard InChI is InChI=1S/C23H34N4O2S/c1-5-27-22(18(4)29-20-13-16(2)12-17(3)14-20)25-26-23(27)30-15-21(28)24-19-10-8-6-7-9-11-19/h12-14,18-19H,5-11,15H2,1-4H3,(H,24,28). The van der Waals surface area contributed by atoms with Gasteiger partial charge in [0.2, 0.25) is 5.91 Å². The van der Waals surface area contributed by atoms with Crippen LogP contribution in [0.5, 0.6) is 5.75 Å². The second kappa shape index (κ2) is 10.8. The number of carbonyl (C=O) groups excluding carboxylic acids is 1. The lowest BCUT2D eigenvalue weighted by Gasteiger charge is -2.17. The maximum Gasteiger partial charge on any atom is 0.230 e. The summed E-state index contributed by atoms with van der Waals surface area (Å²) in [5.41, 5.74) is 2.34. The molecule has 1 unspecified atom stereocenters. The van der Waals surface area contributed by atoms with Crippen molar-refractivity contribution in [3.8, 4) is 5.75 Å². The molecule has 3 rings (SSSR count). The van der Waals surface area contributed by atoms with Gasteiger partial charge in [-0.05, 0) is 63.8 Å². The number of nitrogens with one attached hydrogen (secondary N) is 1. The summed E-state index contributed by atoms with van der Waals surface area (Å²) in [7, 11) is 0. The number of thioether (sulfide) groups is 1. The molecule has 7 heteroatoms. The highest BCUT2D eigenvalue weighted by atomic mass is 32.2. The van der Waals surface area contributed by atoms with Crippen LogP contribution in [0.2, 0.25) is 0 Å². The molecule has 6 nitrogen and oxygen atoms in total. The van der Waals surface area contributed by atoms with Gasteiger partial charge in [0.1, 0.15) is 5.75 Å². The van der Waals surface area contributed by atoms with Gasteiger partial charge in [0, 0.05) is 12.6 Å². The van der Waals surface area contributed by atoms with Gasteiger partial charge >= 0.3 is 0 Å². The Morgan fingerprint density at radius 3 is 2.47 bits per heavy atom. The van der Waals surface area contributed by atoms with Gasteiger partial charge < -0.3 is 14.6 Å². The van der Waals surface area contributed by atoms with Crippen LogP contribution in [0.1, 0.15) is 75.4 Å². The van der Waals surface area contributed by atoms with Crippen LogP contribution in [0.25, 0.3) is 0 Å². The lowest BCUT2D eigenvalue weighted by Crippen LogP contribution is -2.35. The Hall–Kier alpha value is -2.02. The van der Waals surface area contributed by atoms with Crippen LogP contribution in [0.4, 0.5) is 0 Å². The predicted molar refractivity (Wildman–Crippen MR) is 121 cm³/mol. The highest BCUT2D eigenvalue weighted by Gasteiger charge is 2.20. The maximum absolute atomic E-state index is 12.4. The number of aromatic nitrogens is 3. The minimum absolute atomic E-state index is 0.0821. The summed E-state index contributed by atoms with van der Waals surface area (Å²) in [6.45, 7) is 8.91. The number of hydrogen-bond donors (Lipinski definition) is 1. The number of carbonyl (C=O) groups is 1. The van der Waals surface area contributed by atoms with E-state index in [-0.39, 0.29) is 12.0 Å². The zero-order valence-corrected chi connectivity index (χ0v) is 19.4. The first-order chi connectivity index (χ1) is 14.5. The lowest BCUT2D eigenvalue weighted by molar-refractivity contribution is -0.119. The molecule has 2 aromatic rings. The fourth-order valence-electron chi connectivity index (χ4n) is 4.09. The van der Waals surface area contributed by atoms with E-state index in [2.05, 4.69) is 42.4 Å². The third-order valence-corrected chi connectivity index (χ3v) is 6.45. The molecule has 1 N–H and O–H groups in total. The number of amides is 1. The van der Waals surface area contributed by atoms with E-state index in [9.17, 15) is 4.79 Å². The van der Waals surface area contributed by atoms with Crippen LogP contribution < -0.4 is 10.1 Å². The molecule has 0 radical (unpaired) electrons. The number of aryl methyl sites for hydroxylation is 2. The van der Waals surface area contributed by atoms with Crippen molar-refractivity contribution in [3.63, 3.8) is 0 Å². The lowest BCUT2D eigenvalue weighted by atomic mass is 10.1. The summed E-state index contributed by atoms with van der Waals surface area (Å²) >= 11 is 1.44. The van der Waals surface area contributed by atoms with Gasteiger partial charge in [-0.1, -0.05) is 43.5 Å². The van der Waals surface area contributed by atoms with Gasteiger partial charge in [0.05, 0.1) is 5.75 Å². The summed E-state index contributed by atoms with van der Waals surface area (Å²) in [5.74, 6) is 2.06. The van der Waals surface area contributed by atoms with E-state index >= 15 is 0 Å². The predicted octanol–water partition coefficient (Wildman–Crippen LogP) is 4.99. The zero-order valence-electron chi connectivity index (χ0n) is 18.6. The van der Waals surface area contributed by atoms with Crippen molar-refractivity contribution in [3.05, 3.63) is 35.2 Å². The summed E-state index contributed by atoms with van der Waals surface area (Å²) in [5, 5.41) is 12.7. The van der Waals surface area contributed by atoms with E-state index in [0.29, 0.717) is 11.8 Å². The molecular formula is C23H34N4O2S. The van der Waals surface area contributed by atoms with Crippen molar-refractivity contribution in [2.45, 2.75) is 90.1 Å². The van der Waals surface area contributed by atoms with Crippen molar-refractivity contribution in [1.82, 2.24) is 20.1 Å². The fraction of sp³-hybridized carbons (Fsp3) is 0.609. The topological polar surface area (TPSA) is 69.0 Å². The van der Waals surface area contributed by atoms with Crippen LogP contribution in [0, 0.1) is 13.8 Å². The average molecular weight is 431 g/mol. The highest BCUT2D eigenvalue weighted by Crippen LogP contribution is 2.26. The quantitative estimate of drug-likeness (QED) is 0.472. The molecule has 1 atom stereocenters. The Morgan fingerprint density at radius 1 is 1.17 bits per heavy atom. The SMILES string of the molecule is CCn1c(SCC(=O)NC2CCCCCC2)nnc1C(C)Oc1cc(C)cc(C)c1. The molecule has 1 aliphatic rings. The van der Waals surface area contributed by atoms with Gasteiger partial charge in [-0.2, -0.15) is 0 Å². The summed E-state index contributed by atoms with van der Waals surface area (Å²) in [6, 6.07) is 6.51. The molecular weight excluding hydrogens is 396 g/mol. The molecule has 0 bridgehead atoms. The maximum atomic E-state index is 12.4. The van der Waals surface area contributed by atoms with Gasteiger partial charge in [0.15, 0.2) is 17.1 Å². The summed E-state index contributed by atoms with van der Waals surface area (Å²) in [6.07, 6.45) is 6.96. The Kier molecular flexibility index (Phi) is 8.19. The Labute approximate surface area is 184 Å². The fourth-order valence-corrected chi connectivity index (χ4v) is 4.91. The van der Waals surface area contributed by atoms with E-state index in [1.165, 1.54) is 48.6 Å². The van der Waals surface area contributed by atoms with Crippen molar-refractivity contribution in [1.29, 1.82) is 0 Å². The highest BCUT2D eigenvalue weighted by molar-refractivity contribution is 7.99. The number of ether oxygens (including phenoxy) is 1. The summed E-state index contributed by atoms with van der Waals surface area (Å²) in [4.78, 5) is 12.4. The summed E-state index contributed by atoms with van der Waals surface area (Å²) < 4.78 is 8.18. The van der Waals surface area contributed by atoms with Crippen molar-refractivity contribution < 1.29 is 9.53 Å². The van der Waals surface area contributed by atoms with Gasteiger partial charge in [-0.3, -0.25) is 4.79 Å². The van der Waals surface area contributed by atoms with Gasteiger partial charge in [-0.25, -0.2) is 0 Å². The third-order valence-electron chi connectivity index (χ3n) is 5.49. The minimum atomic E-state index is -0.229. The molecule has 1 aromatic carbocycles. The second-order valence-electron chi connectivity index (χ2n) is 8.21. The Bertz CT molecular complexity index is 823. The first-order valence-electron chi connectivity index (χ1n) is 11.1. The first kappa shape index (κ1) is 22.7. The molecule has 1 amide bonds. The van der Waals surface area contributed by atoms with E-state index in [0.717, 1.165) is 36.1 Å². The molecule has 1 saturated carbocycles. The number of benzene rings is 1. The molecule has 0 spiro atoms. The molecule has 0 aliphatic heterocycles. The van der Waals surface area contributed by atoms with E-state index in [4.69, 9.17) is 4.74 Å². The average Bonchev–Trinajstić information content (AvgIpc) is 2.94. The number of rotatable bonds is 8. The van der Waals surface area contributed by atoms with E-state index in [1.54, 1.807) is 0 Å². The van der Waals surface area contributed by atoms with Crippen LogP contribution in [-0.2, 0) is 11.3 Å². The largest absolute Gasteiger partial charge is 0.483 e. The molecule has 1 aromatic heterocycles. The Morgan fingerprint density at radius 2 is 1.83 bits per heavy atom. The van der Waals surface area contributed by atoms with Crippen LogP contribution in [-0.4, -0.2) is 32.5 Å². The van der Waals surface area contributed by atoms with Crippen molar-refractivity contribution in [2.75, 3.05) is 5.75 Å². The zero-order chi connectivity index (χ0) is 21.5. The smallest absolute Gasteiger partial charge is 0.230 e. The minimum Gasteiger partial charge on any atom is -0.483 e. The van der Waals surface area contributed by atoms with Crippen molar-refractivity contribution in [2.24, 2.45) is 0 Å². The van der Waals surface area contributed by atoms with E-state index < -0.39 is 0 Å². The Balaban J connectivity index is 1.59. The second-order valence-corrected chi connectivity index (χ2v) is 9.16. The molecule has 1 fully saturated rings. The normalized spacial score (nSPS) is 16.1. The van der Waals surface area contributed by atoms with Crippen LogP contribution in [0.3, 0.4) is 0 Å². The van der Waals surface area contributed by atoms with Gasteiger partial charge in [0.25, 0.3) is 0 Å². The monoisotopic (exact) mass is 430 g/mol. The molecule has 30 heavy (non-hydrogen) atoms. The molecule has 164 valence electrons. The first-order valence-corrected chi connectivity index (χ1v) is 12.0. The number of hydrogen-bond acceptors (Lipinski definition) is 5. The van der Waals surface area contributed by atoms with Crippen molar-refractivity contribution >= 4 is 17.7 Å². The van der Waals surface area contributed by atoms with Gasteiger partial charge in [-0.15, -0.1) is 10.2 Å². The number of nitrogens with zero attached hydrogens (tertiary/aromatic N) is 3. The molecule has 1 heterocycles. The van der Waals surface area contributed by atoms with Crippen LogP contribution in [0.15, 0.2) is 23.4 Å². The van der Waals surface area contributed by atoms with Crippen LogP contribution >= 0.6 is 11.8 Å². The van der Waals surface area contributed by atoms with E-state index in [1.807, 2.05) is 23.6 Å².